The van der Waals surface area contributed by atoms with Crippen molar-refractivity contribution in [1.82, 2.24) is 19.6 Å². The summed E-state index contributed by atoms with van der Waals surface area (Å²) in [6, 6.07) is 1.75. The maximum atomic E-state index is 12.8. The first kappa shape index (κ1) is 18.4. The summed E-state index contributed by atoms with van der Waals surface area (Å²) in [5, 5.41) is 13.4. The van der Waals surface area contributed by atoms with Gasteiger partial charge in [0.25, 0.3) is 5.91 Å². The molecule has 1 atom stereocenters. The van der Waals surface area contributed by atoms with Crippen LogP contribution in [-0.2, 0) is 16.6 Å². The fraction of sp³-hybridized carbons (Fsp3) is 0.667. The van der Waals surface area contributed by atoms with Gasteiger partial charge in [-0.2, -0.15) is 5.10 Å². The molecule has 1 aromatic heterocycles. The van der Waals surface area contributed by atoms with Crippen molar-refractivity contribution >= 4 is 17.8 Å². The molecule has 2 fully saturated rings. The summed E-state index contributed by atoms with van der Waals surface area (Å²) in [5.41, 5.74) is 1.59. The van der Waals surface area contributed by atoms with Gasteiger partial charge >= 0.3 is 5.97 Å². The molecule has 2 heterocycles. The molecular weight excluding hydrogens is 336 g/mol. The minimum atomic E-state index is -1.02. The molecule has 2 amide bonds. The molecule has 8 heteroatoms. The molecule has 2 aliphatic rings. The number of carboxylic acids is 1. The molecular formula is C18H26N4O4. The minimum absolute atomic E-state index is 0.0826. The van der Waals surface area contributed by atoms with Crippen LogP contribution in [0.1, 0.15) is 61.1 Å². The second kappa shape index (κ2) is 7.47. The van der Waals surface area contributed by atoms with Crippen molar-refractivity contribution in [3.8, 4) is 0 Å². The highest BCUT2D eigenvalue weighted by molar-refractivity contribution is 5.92. The number of amides is 2. The van der Waals surface area contributed by atoms with E-state index < -0.39 is 5.97 Å². The minimum Gasteiger partial charge on any atom is -0.480 e. The van der Waals surface area contributed by atoms with Crippen LogP contribution < -0.4 is 0 Å². The zero-order chi connectivity index (χ0) is 18.8. The molecule has 1 aromatic rings. The van der Waals surface area contributed by atoms with Gasteiger partial charge in [0.15, 0.2) is 5.69 Å². The lowest BCUT2D eigenvalue weighted by Gasteiger charge is -2.28. The molecule has 1 aliphatic heterocycles. The smallest absolute Gasteiger partial charge is 0.323 e. The Kier molecular flexibility index (Phi) is 5.29. The third kappa shape index (κ3) is 4.05. The number of hydrogen-bond acceptors (Lipinski definition) is 4. The second-order valence-electron chi connectivity index (χ2n) is 7.27. The Bertz CT molecular complexity index is 710. The van der Waals surface area contributed by atoms with Gasteiger partial charge < -0.3 is 14.9 Å². The van der Waals surface area contributed by atoms with Gasteiger partial charge in [-0.05, 0) is 38.2 Å². The Morgan fingerprint density at radius 1 is 1.23 bits per heavy atom. The van der Waals surface area contributed by atoms with Gasteiger partial charge in [-0.15, -0.1) is 0 Å². The molecule has 1 N–H and O–H groups in total. The molecule has 1 aliphatic carbocycles. The van der Waals surface area contributed by atoms with Crippen LogP contribution in [0.2, 0.25) is 0 Å². The van der Waals surface area contributed by atoms with Crippen LogP contribution in [0.25, 0.3) is 0 Å². The van der Waals surface area contributed by atoms with E-state index in [2.05, 4.69) is 5.10 Å². The highest BCUT2D eigenvalue weighted by Gasteiger charge is 2.31. The summed E-state index contributed by atoms with van der Waals surface area (Å²) in [5.74, 6) is -0.807. The van der Waals surface area contributed by atoms with Crippen molar-refractivity contribution in [3.63, 3.8) is 0 Å². The van der Waals surface area contributed by atoms with Crippen LogP contribution in [0.15, 0.2) is 6.07 Å². The monoisotopic (exact) mass is 362 g/mol. The van der Waals surface area contributed by atoms with E-state index in [0.29, 0.717) is 37.5 Å². The number of aliphatic carboxylic acids is 1. The maximum Gasteiger partial charge on any atom is 0.323 e. The molecule has 0 spiro atoms. The van der Waals surface area contributed by atoms with E-state index in [1.807, 2.05) is 13.1 Å². The third-order valence-corrected chi connectivity index (χ3v) is 5.27. The summed E-state index contributed by atoms with van der Waals surface area (Å²) >= 11 is 0. The Labute approximate surface area is 152 Å². The number of carboxylic acid groups (broad SMARTS) is 1. The number of nitrogens with zero attached hydrogens (tertiary/aromatic N) is 4. The maximum absolute atomic E-state index is 12.8. The van der Waals surface area contributed by atoms with Crippen LogP contribution in [0.3, 0.4) is 0 Å². The normalized spacial score (nSPS) is 20.5. The summed E-state index contributed by atoms with van der Waals surface area (Å²) in [4.78, 5) is 38.8. The van der Waals surface area contributed by atoms with Crippen LogP contribution >= 0.6 is 0 Å². The van der Waals surface area contributed by atoms with Gasteiger partial charge in [0.05, 0.1) is 0 Å². The van der Waals surface area contributed by atoms with E-state index in [0.717, 1.165) is 25.0 Å². The molecule has 0 radical (unpaired) electrons. The lowest BCUT2D eigenvalue weighted by atomic mass is 10.1. The topological polar surface area (TPSA) is 95.7 Å². The highest BCUT2D eigenvalue weighted by Crippen LogP contribution is 2.40. The number of hydrogen-bond donors (Lipinski definition) is 1. The molecule has 8 nitrogen and oxygen atoms in total. The zero-order valence-corrected chi connectivity index (χ0v) is 15.3. The first-order valence-electron chi connectivity index (χ1n) is 9.19. The van der Waals surface area contributed by atoms with E-state index in [1.54, 1.807) is 9.58 Å². The molecule has 0 aromatic carbocycles. The Balaban J connectivity index is 1.65. The van der Waals surface area contributed by atoms with E-state index in [4.69, 9.17) is 5.11 Å². The van der Waals surface area contributed by atoms with Gasteiger partial charge in [0.2, 0.25) is 5.91 Å². The molecule has 0 bridgehead atoms. The lowest BCUT2D eigenvalue weighted by Crippen LogP contribution is -2.43. The molecule has 26 heavy (non-hydrogen) atoms. The van der Waals surface area contributed by atoms with Crippen molar-refractivity contribution in [2.24, 2.45) is 7.05 Å². The number of rotatable bonds is 5. The van der Waals surface area contributed by atoms with Gasteiger partial charge in [0, 0.05) is 44.7 Å². The zero-order valence-electron chi connectivity index (χ0n) is 15.3. The third-order valence-electron chi connectivity index (χ3n) is 5.27. The lowest BCUT2D eigenvalue weighted by molar-refractivity contribution is -0.145. The quantitative estimate of drug-likeness (QED) is 0.850. The van der Waals surface area contributed by atoms with Gasteiger partial charge in [-0.3, -0.25) is 19.1 Å². The summed E-state index contributed by atoms with van der Waals surface area (Å²) in [7, 11) is 1.87. The Morgan fingerprint density at radius 3 is 2.58 bits per heavy atom. The van der Waals surface area contributed by atoms with E-state index in [1.165, 1.54) is 11.8 Å². The second-order valence-corrected chi connectivity index (χ2v) is 7.27. The molecule has 1 saturated heterocycles. The van der Waals surface area contributed by atoms with E-state index in [-0.39, 0.29) is 24.4 Å². The fourth-order valence-corrected chi connectivity index (χ4v) is 3.75. The van der Waals surface area contributed by atoms with E-state index >= 15 is 0 Å². The van der Waals surface area contributed by atoms with Crippen molar-refractivity contribution in [3.05, 3.63) is 17.5 Å². The van der Waals surface area contributed by atoms with Gasteiger partial charge in [-0.1, -0.05) is 0 Å². The Hall–Kier alpha value is -2.38. The molecule has 1 saturated carbocycles. The summed E-state index contributed by atoms with van der Waals surface area (Å²) in [6.45, 7) is 2.20. The average Bonchev–Trinajstić information content (AvgIpc) is 3.37. The van der Waals surface area contributed by atoms with Crippen molar-refractivity contribution in [2.75, 3.05) is 19.6 Å². The summed E-state index contributed by atoms with van der Waals surface area (Å²) < 4.78 is 1.80. The number of aromatic nitrogens is 2. The average molecular weight is 362 g/mol. The number of likely N-dealkylation sites (tertiary alicyclic amines) is 1. The number of carbonyl (C=O) groups is 3. The van der Waals surface area contributed by atoms with Crippen molar-refractivity contribution < 1.29 is 19.5 Å². The van der Waals surface area contributed by atoms with Crippen LogP contribution in [-0.4, -0.2) is 68.1 Å². The molecule has 1 unspecified atom stereocenters. The Morgan fingerprint density at radius 2 is 1.96 bits per heavy atom. The van der Waals surface area contributed by atoms with Crippen LogP contribution in [0.5, 0.6) is 0 Å². The fourth-order valence-electron chi connectivity index (χ4n) is 3.75. The summed E-state index contributed by atoms with van der Waals surface area (Å²) in [6.07, 6.45) is 4.33. The van der Waals surface area contributed by atoms with Crippen molar-refractivity contribution in [2.45, 2.75) is 51.0 Å². The van der Waals surface area contributed by atoms with E-state index in [9.17, 15) is 14.4 Å². The van der Waals surface area contributed by atoms with Crippen LogP contribution in [0, 0.1) is 0 Å². The molecule has 3 rings (SSSR count). The predicted octanol–water partition coefficient (Wildman–Crippen LogP) is 1.23. The van der Waals surface area contributed by atoms with Crippen molar-refractivity contribution in [1.29, 1.82) is 0 Å². The largest absolute Gasteiger partial charge is 0.480 e. The molecule has 142 valence electrons. The predicted molar refractivity (Wildman–Crippen MR) is 93.7 cm³/mol. The highest BCUT2D eigenvalue weighted by atomic mass is 16.4. The van der Waals surface area contributed by atoms with Gasteiger partial charge in [-0.25, -0.2) is 0 Å². The SMILES string of the molecule is CC(=O)N(CC(=O)O)C1CCCN(C(=O)c2cc(C3CC3)n(C)n2)CC1. The van der Waals surface area contributed by atoms with Gasteiger partial charge in [0.1, 0.15) is 6.54 Å². The first-order chi connectivity index (χ1) is 12.4. The number of aryl methyl sites for hydroxylation is 1. The standard InChI is InChI=1S/C18H26N4O4/c1-12(23)22(11-17(24)25)14-4-3-8-21(9-7-14)18(26)15-10-16(13-5-6-13)20(2)19-15/h10,13-14H,3-9,11H2,1-2H3,(H,24,25). The number of carbonyl (C=O) groups excluding carboxylic acids is 2. The first-order valence-corrected chi connectivity index (χ1v) is 9.19. The van der Waals surface area contributed by atoms with Crippen LogP contribution in [0.4, 0.5) is 0 Å².